The van der Waals surface area contributed by atoms with Gasteiger partial charge in [0.1, 0.15) is 30.1 Å². The molecule has 4 aliphatic rings. The van der Waals surface area contributed by atoms with Crippen LogP contribution in [0.15, 0.2) is 65.8 Å². The molecule has 1 aromatic rings. The smallest absolute Gasteiger partial charge is 0.329 e. The van der Waals surface area contributed by atoms with Gasteiger partial charge in [-0.3, -0.25) is 19.2 Å². The predicted octanol–water partition coefficient (Wildman–Crippen LogP) is 6.47. The van der Waals surface area contributed by atoms with Crippen LogP contribution in [-0.4, -0.2) is 149 Å². The Bertz CT molecular complexity index is 2090. The Balaban J connectivity index is 1.51. The highest BCUT2D eigenvalue weighted by Crippen LogP contribution is 2.38. The van der Waals surface area contributed by atoms with Gasteiger partial charge in [0.2, 0.25) is 5.79 Å². The molecule has 0 spiro atoms. The Hall–Kier alpha value is -4.13. The zero-order chi connectivity index (χ0) is 53.7. The molecule has 5 rings (SSSR count). The standard InChI is InChI=1S/C57H86N2O14/c1-33-26-37(5)51(63)53(71-10)52(64)38(6)27-34(2)47(62)32-49(35(3)28-40-20-24-46(61)50(30-40)70-9)72-56(67)45-18-14-15-25-59(45)55(66)54(65)57(68)39(7)19-22-43(73-57)31-48(69-8)36(4)29-42(60)21-23-44(33)58-41-16-12-11-13-17-41/h11-13,16-17,21,23,27,29,33-35,37,39-40,42-46,48-50,52-53,58,60-61,64,68H,14-15,18-20,22,24-26,28,30-32H2,1-10H3/b23-21-,36-29+,38-27+/t33-,34+,35+,37+,39+,40-,42?,43-,44?,45-,46+,48-,49-,50+,52+,53-,57+/m0/s1. The number of esters is 1. The van der Waals surface area contributed by atoms with E-state index in [1.54, 1.807) is 60.0 Å². The van der Waals surface area contributed by atoms with Crippen molar-refractivity contribution >= 4 is 34.9 Å². The van der Waals surface area contributed by atoms with Gasteiger partial charge in [-0.05, 0) is 119 Å². The zero-order valence-corrected chi connectivity index (χ0v) is 44.9. The number of cyclic esters (lactones) is 1. The number of piperidine rings is 1. The van der Waals surface area contributed by atoms with Crippen LogP contribution in [0.1, 0.15) is 126 Å². The minimum absolute atomic E-state index is 0.0574. The predicted molar refractivity (Wildman–Crippen MR) is 276 cm³/mol. The van der Waals surface area contributed by atoms with Crippen LogP contribution in [0.3, 0.4) is 0 Å². The molecule has 1 aromatic carbocycles. The molecular formula is C57H86N2O14. The lowest BCUT2D eigenvalue weighted by Crippen LogP contribution is -2.61. The van der Waals surface area contributed by atoms with Gasteiger partial charge in [0.05, 0.1) is 30.5 Å². The molecule has 16 heteroatoms. The normalized spacial score (nSPS) is 39.0. The third-order valence-corrected chi connectivity index (χ3v) is 16.1. The number of allylic oxidation sites excluding steroid dienone is 1. The van der Waals surface area contributed by atoms with Crippen molar-refractivity contribution in [2.45, 2.75) is 192 Å². The number of anilines is 1. The molecular weight excluding hydrogens is 937 g/mol. The fourth-order valence-corrected chi connectivity index (χ4v) is 11.3. The number of benzene rings is 1. The average Bonchev–Trinajstić information content (AvgIpc) is 3.37. The van der Waals surface area contributed by atoms with Crippen LogP contribution in [0.4, 0.5) is 5.69 Å². The SMILES string of the molecule is CO[C@H]1C[C@@H]2CC[C@@H](C)[C@@](O)(O2)C(=O)C(=O)N2CCCC[C@H]2C(=O)O[C@H]([C@H](C)C[C@@H]2CC[C@@H](O)[C@H](OC)C2)CC(=O)[C@H](C)/C=C(\C)[C@@H](O)[C@@H](OC)C(=O)[C@H](C)C[C@H](C)C(Nc2ccccc2)/C=C\C(O)/C=C/1C. The summed E-state index contributed by atoms with van der Waals surface area (Å²) in [6.07, 6.45) is 4.67. The van der Waals surface area contributed by atoms with Gasteiger partial charge in [-0.25, -0.2) is 4.79 Å². The summed E-state index contributed by atoms with van der Waals surface area (Å²) >= 11 is 0. The number of carbonyl (C=O) groups excluding carboxylic acids is 5. The number of nitrogens with one attached hydrogen (secondary N) is 1. The second kappa shape index (κ2) is 27.6. The Morgan fingerprint density at radius 1 is 0.822 bits per heavy atom. The van der Waals surface area contributed by atoms with Gasteiger partial charge in [-0.1, -0.05) is 77.1 Å². The fourth-order valence-electron chi connectivity index (χ4n) is 11.3. The maximum Gasteiger partial charge on any atom is 0.329 e. The lowest BCUT2D eigenvalue weighted by molar-refractivity contribution is -0.265. The van der Waals surface area contributed by atoms with Gasteiger partial charge < -0.3 is 54.3 Å². The number of hydrogen-bond acceptors (Lipinski definition) is 15. The summed E-state index contributed by atoms with van der Waals surface area (Å²) in [5.74, 6) is -8.68. The van der Waals surface area contributed by atoms with Gasteiger partial charge in [-0.2, -0.15) is 0 Å². The second-order valence-corrected chi connectivity index (χ2v) is 21.7. The number of aliphatic hydroxyl groups is 4. The van der Waals surface area contributed by atoms with E-state index in [1.807, 2.05) is 50.3 Å². The summed E-state index contributed by atoms with van der Waals surface area (Å²) in [6, 6.07) is 8.04. The van der Waals surface area contributed by atoms with Gasteiger partial charge in [0.15, 0.2) is 5.78 Å². The molecule has 1 aliphatic carbocycles. The summed E-state index contributed by atoms with van der Waals surface area (Å²) in [4.78, 5) is 72.8. The van der Waals surface area contributed by atoms with E-state index in [0.717, 1.165) is 5.69 Å². The molecule has 2 bridgehead atoms. The third kappa shape index (κ3) is 15.7. The molecule has 2 saturated heterocycles. The van der Waals surface area contributed by atoms with Crippen LogP contribution in [-0.2, 0) is 47.7 Å². The lowest BCUT2D eigenvalue weighted by Gasteiger charge is -2.42. The van der Waals surface area contributed by atoms with Crippen molar-refractivity contribution in [2.24, 2.45) is 35.5 Å². The number of rotatable bonds is 8. The summed E-state index contributed by atoms with van der Waals surface area (Å²) in [6.45, 7) is 12.5. The Labute approximate surface area is 433 Å². The zero-order valence-electron chi connectivity index (χ0n) is 44.9. The summed E-state index contributed by atoms with van der Waals surface area (Å²) in [5, 5.41) is 49.2. The van der Waals surface area contributed by atoms with Crippen LogP contribution in [0.5, 0.6) is 0 Å². The number of aliphatic hydroxyl groups excluding tert-OH is 3. The number of ether oxygens (including phenoxy) is 5. The molecule has 3 fully saturated rings. The number of nitrogens with zero attached hydrogens (tertiary/aromatic N) is 1. The molecule has 3 aliphatic heterocycles. The van der Waals surface area contributed by atoms with E-state index in [4.69, 9.17) is 23.7 Å². The Kier molecular flexibility index (Phi) is 22.6. The highest BCUT2D eigenvalue weighted by molar-refractivity contribution is 6.39. The second-order valence-electron chi connectivity index (χ2n) is 21.7. The molecule has 73 heavy (non-hydrogen) atoms. The molecule has 1 amide bonds. The number of amides is 1. The van der Waals surface area contributed by atoms with Crippen molar-refractivity contribution in [2.75, 3.05) is 33.2 Å². The van der Waals surface area contributed by atoms with Gasteiger partial charge in [0.25, 0.3) is 11.7 Å². The van der Waals surface area contributed by atoms with Crippen molar-refractivity contribution in [3.05, 3.63) is 65.8 Å². The first-order valence-electron chi connectivity index (χ1n) is 26.6. The van der Waals surface area contributed by atoms with Gasteiger partial charge >= 0.3 is 5.97 Å². The van der Waals surface area contributed by atoms with Gasteiger partial charge in [0, 0.05) is 70.2 Å². The molecule has 0 aromatic heterocycles. The minimum atomic E-state index is -2.50. The number of para-hydroxylation sites is 1. The van der Waals surface area contributed by atoms with Crippen molar-refractivity contribution < 1.29 is 68.1 Å². The Morgan fingerprint density at radius 2 is 1.53 bits per heavy atom. The molecule has 17 atom stereocenters. The summed E-state index contributed by atoms with van der Waals surface area (Å²) < 4.78 is 29.6. The number of hydrogen-bond donors (Lipinski definition) is 5. The van der Waals surface area contributed by atoms with Crippen LogP contribution in [0.2, 0.25) is 0 Å². The topological polar surface area (TPSA) is 228 Å². The number of carbonyl (C=O) groups is 5. The van der Waals surface area contributed by atoms with E-state index in [-0.39, 0.29) is 67.3 Å². The minimum Gasteiger partial charge on any atom is -0.460 e. The molecule has 0 radical (unpaired) electrons. The average molecular weight is 1020 g/mol. The fraction of sp³-hybridized carbons (Fsp3) is 0.702. The number of fused-ring (bicyclic) bond motifs is 3. The van der Waals surface area contributed by atoms with E-state index in [0.29, 0.717) is 68.9 Å². The third-order valence-electron chi connectivity index (χ3n) is 16.1. The van der Waals surface area contributed by atoms with Gasteiger partial charge in [-0.15, -0.1) is 0 Å². The highest BCUT2D eigenvalue weighted by Gasteiger charge is 2.53. The lowest BCUT2D eigenvalue weighted by atomic mass is 9.78. The van der Waals surface area contributed by atoms with E-state index in [9.17, 15) is 44.4 Å². The van der Waals surface area contributed by atoms with Crippen LogP contribution >= 0.6 is 0 Å². The number of Topliss-reactive ketones (excluding diaryl/α,β-unsaturated/α-hetero) is 3. The summed E-state index contributed by atoms with van der Waals surface area (Å²) in [5.41, 5.74) is 1.85. The molecule has 2 unspecified atom stereocenters. The first-order valence-corrected chi connectivity index (χ1v) is 26.6. The Morgan fingerprint density at radius 3 is 2.21 bits per heavy atom. The van der Waals surface area contributed by atoms with Crippen LogP contribution in [0.25, 0.3) is 0 Å². The molecule has 1 saturated carbocycles. The molecule has 3 heterocycles. The van der Waals surface area contributed by atoms with Crippen LogP contribution in [0, 0.1) is 35.5 Å². The van der Waals surface area contributed by atoms with E-state index in [1.165, 1.54) is 19.1 Å². The quantitative estimate of drug-likeness (QED) is 0.107. The number of methoxy groups -OCH3 is 3. The molecule has 5 N–H and O–H groups in total. The molecule has 408 valence electrons. The van der Waals surface area contributed by atoms with Crippen LogP contribution < -0.4 is 5.32 Å². The summed E-state index contributed by atoms with van der Waals surface area (Å²) in [7, 11) is 4.44. The molecule has 16 nitrogen and oxygen atoms in total. The monoisotopic (exact) mass is 1020 g/mol. The highest BCUT2D eigenvalue weighted by atomic mass is 16.6. The van der Waals surface area contributed by atoms with Crippen molar-refractivity contribution in [3.63, 3.8) is 0 Å². The van der Waals surface area contributed by atoms with E-state index < -0.39 is 90.0 Å². The number of ketones is 3. The van der Waals surface area contributed by atoms with E-state index >= 15 is 0 Å². The van der Waals surface area contributed by atoms with Crippen molar-refractivity contribution in [1.82, 2.24) is 4.90 Å². The largest absolute Gasteiger partial charge is 0.460 e. The first kappa shape index (κ1) is 59.7. The van der Waals surface area contributed by atoms with E-state index in [2.05, 4.69) is 5.32 Å². The maximum absolute atomic E-state index is 14.5. The van der Waals surface area contributed by atoms with Crippen molar-refractivity contribution in [1.29, 1.82) is 0 Å². The first-order chi connectivity index (χ1) is 34.6. The van der Waals surface area contributed by atoms with Crippen molar-refractivity contribution in [3.8, 4) is 0 Å². The maximum atomic E-state index is 14.5.